The number of aromatic nitrogens is 6. The van der Waals surface area contributed by atoms with Crippen LogP contribution in [0.2, 0.25) is 0 Å². The Labute approximate surface area is 169 Å². The van der Waals surface area contributed by atoms with Gasteiger partial charge in [-0.2, -0.15) is 9.50 Å². The lowest BCUT2D eigenvalue weighted by Gasteiger charge is -2.17. The van der Waals surface area contributed by atoms with Crippen LogP contribution >= 0.6 is 0 Å². The fraction of sp³-hybridized carbons (Fsp3) is 0.381. The Kier molecular flexibility index (Phi) is 5.50. The van der Waals surface area contributed by atoms with Gasteiger partial charge in [-0.05, 0) is 25.5 Å². The minimum absolute atomic E-state index is 0.577. The molecule has 8 heteroatoms. The van der Waals surface area contributed by atoms with E-state index < -0.39 is 0 Å². The molecule has 29 heavy (non-hydrogen) atoms. The van der Waals surface area contributed by atoms with E-state index in [0.29, 0.717) is 24.6 Å². The van der Waals surface area contributed by atoms with Crippen LogP contribution in [0.5, 0.6) is 0 Å². The van der Waals surface area contributed by atoms with E-state index in [1.54, 1.807) is 4.52 Å². The van der Waals surface area contributed by atoms with Crippen molar-refractivity contribution in [3.05, 3.63) is 53.7 Å². The van der Waals surface area contributed by atoms with Crippen molar-refractivity contribution in [1.29, 1.82) is 0 Å². The summed E-state index contributed by atoms with van der Waals surface area (Å²) in [6.45, 7) is 5.20. The van der Waals surface area contributed by atoms with E-state index in [-0.39, 0.29) is 0 Å². The minimum Gasteiger partial charge on any atom is -0.358 e. The predicted molar refractivity (Wildman–Crippen MR) is 111 cm³/mol. The molecule has 0 spiro atoms. The van der Waals surface area contributed by atoms with Crippen molar-refractivity contribution in [2.45, 2.75) is 39.5 Å². The van der Waals surface area contributed by atoms with Gasteiger partial charge >= 0.3 is 0 Å². The number of anilines is 1. The van der Waals surface area contributed by atoms with Crippen LogP contribution in [-0.4, -0.2) is 43.5 Å². The Morgan fingerprint density at radius 2 is 1.86 bits per heavy atom. The van der Waals surface area contributed by atoms with Crippen LogP contribution in [0.15, 0.2) is 40.9 Å². The highest BCUT2D eigenvalue weighted by Gasteiger charge is 2.13. The predicted octanol–water partition coefficient (Wildman–Crippen LogP) is 3.50. The summed E-state index contributed by atoms with van der Waals surface area (Å²) >= 11 is 0. The highest BCUT2D eigenvalue weighted by molar-refractivity contribution is 5.54. The van der Waals surface area contributed by atoms with Gasteiger partial charge in [0.05, 0.1) is 0 Å². The van der Waals surface area contributed by atoms with Crippen molar-refractivity contribution < 1.29 is 4.52 Å². The fourth-order valence-corrected chi connectivity index (χ4v) is 3.09. The zero-order valence-electron chi connectivity index (χ0n) is 17.0. The summed E-state index contributed by atoms with van der Waals surface area (Å²) in [6.07, 6.45) is 3.48. The van der Waals surface area contributed by atoms with Gasteiger partial charge in [0.25, 0.3) is 0 Å². The van der Waals surface area contributed by atoms with Gasteiger partial charge in [0.1, 0.15) is 5.82 Å². The molecule has 3 heterocycles. The van der Waals surface area contributed by atoms with E-state index in [1.807, 2.05) is 36.4 Å². The number of hydrogen-bond donors (Lipinski definition) is 0. The Bertz CT molecular complexity index is 1080. The Hall–Kier alpha value is -3.29. The quantitative estimate of drug-likeness (QED) is 0.454. The minimum atomic E-state index is 0.577. The van der Waals surface area contributed by atoms with Gasteiger partial charge < -0.3 is 9.42 Å². The molecule has 0 aliphatic carbocycles. The number of nitrogens with zero attached hydrogens (tertiary/aromatic N) is 7. The van der Waals surface area contributed by atoms with Crippen LogP contribution < -0.4 is 4.90 Å². The molecule has 4 rings (SSSR count). The zero-order valence-corrected chi connectivity index (χ0v) is 17.0. The first-order valence-electron chi connectivity index (χ1n) is 9.96. The van der Waals surface area contributed by atoms with E-state index in [1.165, 1.54) is 5.56 Å². The maximum absolute atomic E-state index is 5.42. The van der Waals surface area contributed by atoms with Crippen molar-refractivity contribution in [3.8, 4) is 11.4 Å². The van der Waals surface area contributed by atoms with Crippen molar-refractivity contribution in [2.75, 3.05) is 18.5 Å². The van der Waals surface area contributed by atoms with Crippen LogP contribution in [0.4, 0.5) is 5.82 Å². The first-order chi connectivity index (χ1) is 14.1. The molecule has 150 valence electrons. The molecule has 0 fully saturated rings. The van der Waals surface area contributed by atoms with Gasteiger partial charge in [-0.25, -0.2) is 0 Å². The molecular weight excluding hydrogens is 366 g/mol. The monoisotopic (exact) mass is 391 g/mol. The molecule has 0 aliphatic rings. The van der Waals surface area contributed by atoms with Crippen molar-refractivity contribution in [3.63, 3.8) is 0 Å². The Balaban J connectivity index is 1.47. The number of aryl methyl sites for hydroxylation is 3. The van der Waals surface area contributed by atoms with Gasteiger partial charge in [-0.3, -0.25) is 0 Å². The average Bonchev–Trinajstić information content (AvgIpc) is 3.37. The number of benzene rings is 1. The van der Waals surface area contributed by atoms with Crippen LogP contribution in [0.1, 0.15) is 37.0 Å². The summed E-state index contributed by atoms with van der Waals surface area (Å²) in [6, 6.07) is 12.0. The first-order valence-corrected chi connectivity index (χ1v) is 9.96. The Morgan fingerprint density at radius 1 is 1.03 bits per heavy atom. The normalized spacial score (nSPS) is 11.3. The third-order valence-corrected chi connectivity index (χ3v) is 4.89. The van der Waals surface area contributed by atoms with Gasteiger partial charge in [0, 0.05) is 32.0 Å². The fourth-order valence-electron chi connectivity index (χ4n) is 3.09. The van der Waals surface area contributed by atoms with Crippen LogP contribution in [0.3, 0.4) is 0 Å². The molecule has 3 aromatic heterocycles. The smallest absolute Gasteiger partial charge is 0.227 e. The third kappa shape index (κ3) is 4.26. The second-order valence-corrected chi connectivity index (χ2v) is 7.23. The lowest BCUT2D eigenvalue weighted by atomic mass is 10.1. The Morgan fingerprint density at radius 3 is 2.66 bits per heavy atom. The zero-order chi connectivity index (χ0) is 20.2. The van der Waals surface area contributed by atoms with Gasteiger partial charge in [-0.1, -0.05) is 48.3 Å². The second kappa shape index (κ2) is 8.38. The molecule has 0 saturated heterocycles. The van der Waals surface area contributed by atoms with E-state index in [9.17, 15) is 0 Å². The van der Waals surface area contributed by atoms with Crippen molar-refractivity contribution >= 4 is 11.5 Å². The molecule has 0 unspecified atom stereocenters. The van der Waals surface area contributed by atoms with Crippen molar-refractivity contribution in [1.82, 2.24) is 30.0 Å². The van der Waals surface area contributed by atoms with Crippen LogP contribution in [0.25, 0.3) is 17.0 Å². The third-order valence-electron chi connectivity index (χ3n) is 4.89. The van der Waals surface area contributed by atoms with E-state index in [2.05, 4.69) is 46.1 Å². The largest absolute Gasteiger partial charge is 0.358 e. The highest BCUT2D eigenvalue weighted by atomic mass is 16.5. The second-order valence-electron chi connectivity index (χ2n) is 7.23. The summed E-state index contributed by atoms with van der Waals surface area (Å²) in [4.78, 5) is 6.66. The molecule has 1 aromatic carbocycles. The SMILES string of the molecule is CCCCN(C)c1ccc2nnc(CCc3nc(-c4ccc(C)cc4)no3)n2n1. The standard InChI is InChI=1S/C21H25N7O/c1-4-5-14-27(3)19-11-10-17-23-24-18(28(17)25-19)12-13-20-22-21(26-29-20)16-8-6-15(2)7-9-16/h6-11H,4-5,12-14H2,1-3H3. The van der Waals surface area contributed by atoms with Gasteiger partial charge in [0.2, 0.25) is 11.7 Å². The first kappa shape index (κ1) is 19.0. The van der Waals surface area contributed by atoms with E-state index >= 15 is 0 Å². The average molecular weight is 391 g/mol. The van der Waals surface area contributed by atoms with Crippen LogP contribution in [0, 0.1) is 6.92 Å². The molecule has 0 atom stereocenters. The topological polar surface area (TPSA) is 85.2 Å². The molecule has 8 nitrogen and oxygen atoms in total. The number of fused-ring (bicyclic) bond motifs is 1. The molecule has 0 amide bonds. The molecule has 0 radical (unpaired) electrons. The summed E-state index contributed by atoms with van der Waals surface area (Å²) in [7, 11) is 2.05. The number of unbranched alkanes of at least 4 members (excludes halogenated alkanes) is 1. The molecule has 0 bridgehead atoms. The lowest BCUT2D eigenvalue weighted by Crippen LogP contribution is -2.20. The maximum atomic E-state index is 5.42. The van der Waals surface area contributed by atoms with Crippen LogP contribution in [-0.2, 0) is 12.8 Å². The van der Waals surface area contributed by atoms with Crippen molar-refractivity contribution in [2.24, 2.45) is 0 Å². The molecule has 4 aromatic rings. The molecule has 0 N–H and O–H groups in total. The highest BCUT2D eigenvalue weighted by Crippen LogP contribution is 2.17. The van der Waals surface area contributed by atoms with Gasteiger partial charge in [0.15, 0.2) is 11.5 Å². The summed E-state index contributed by atoms with van der Waals surface area (Å²) < 4.78 is 7.22. The molecular formula is C21H25N7O. The lowest BCUT2D eigenvalue weighted by molar-refractivity contribution is 0.377. The summed E-state index contributed by atoms with van der Waals surface area (Å²) in [5, 5.41) is 17.3. The number of rotatable bonds is 8. The molecule has 0 saturated carbocycles. The van der Waals surface area contributed by atoms with E-state index in [4.69, 9.17) is 9.62 Å². The van der Waals surface area contributed by atoms with E-state index in [0.717, 1.165) is 42.2 Å². The number of hydrogen-bond acceptors (Lipinski definition) is 7. The summed E-state index contributed by atoms with van der Waals surface area (Å²) in [5.74, 6) is 2.87. The summed E-state index contributed by atoms with van der Waals surface area (Å²) in [5.41, 5.74) is 2.88. The maximum Gasteiger partial charge on any atom is 0.227 e. The molecule has 0 aliphatic heterocycles. The van der Waals surface area contributed by atoms with Gasteiger partial charge in [-0.15, -0.1) is 15.3 Å².